The molecule has 308 valence electrons. The van der Waals surface area contributed by atoms with Gasteiger partial charge in [0.25, 0.3) is 0 Å². The van der Waals surface area contributed by atoms with Gasteiger partial charge in [-0.3, -0.25) is 13.8 Å². The van der Waals surface area contributed by atoms with Crippen molar-refractivity contribution in [1.29, 1.82) is 0 Å². The van der Waals surface area contributed by atoms with Crippen LogP contribution < -0.4 is 5.73 Å². The first-order valence-corrected chi connectivity index (χ1v) is 23.4. The summed E-state index contributed by atoms with van der Waals surface area (Å²) in [6.07, 6.45) is 45.7. The quantitative estimate of drug-likeness (QED) is 0.0208. The third-order valence-electron chi connectivity index (χ3n) is 9.44. The van der Waals surface area contributed by atoms with Gasteiger partial charge < -0.3 is 20.1 Å². The first kappa shape index (κ1) is 50.8. The van der Waals surface area contributed by atoms with E-state index in [4.69, 9.17) is 24.3 Å². The van der Waals surface area contributed by atoms with E-state index in [1.807, 2.05) is 6.08 Å². The molecule has 0 radical (unpaired) electrons. The Balaban J connectivity index is 4.06. The van der Waals surface area contributed by atoms with E-state index >= 15 is 0 Å². The Labute approximate surface area is 321 Å². The van der Waals surface area contributed by atoms with Crippen molar-refractivity contribution in [1.82, 2.24) is 0 Å². The minimum atomic E-state index is -4.29. The van der Waals surface area contributed by atoms with Crippen molar-refractivity contribution in [3.05, 3.63) is 24.5 Å². The number of rotatable bonds is 42. The number of allylic oxidation sites excluding steroid dienone is 3. The molecule has 8 nitrogen and oxygen atoms in total. The average molecular weight is 758 g/mol. The maximum Gasteiger partial charge on any atom is 0.472 e. The van der Waals surface area contributed by atoms with Crippen LogP contribution in [-0.4, -0.2) is 43.3 Å². The topological polar surface area (TPSA) is 117 Å². The summed E-state index contributed by atoms with van der Waals surface area (Å²) in [4.78, 5) is 22.4. The molecule has 3 N–H and O–H groups in total. The smallest absolute Gasteiger partial charge is 0.472 e. The molecule has 0 aliphatic carbocycles. The number of phosphoric acid groups is 1. The van der Waals surface area contributed by atoms with Crippen LogP contribution in [0, 0.1) is 0 Å². The molecule has 0 saturated heterocycles. The maximum atomic E-state index is 12.6. The van der Waals surface area contributed by atoms with E-state index in [1.54, 1.807) is 6.26 Å². The van der Waals surface area contributed by atoms with Crippen LogP contribution in [0.3, 0.4) is 0 Å². The van der Waals surface area contributed by atoms with Crippen LogP contribution in [0.25, 0.3) is 0 Å². The molecule has 0 spiro atoms. The summed E-state index contributed by atoms with van der Waals surface area (Å²) in [5.74, 6) is -0.355. The highest BCUT2D eigenvalue weighted by molar-refractivity contribution is 7.47. The predicted octanol–water partition coefficient (Wildman–Crippen LogP) is 13.2. The summed E-state index contributed by atoms with van der Waals surface area (Å²) >= 11 is 0. The van der Waals surface area contributed by atoms with Gasteiger partial charge in [0.1, 0.15) is 6.61 Å². The van der Waals surface area contributed by atoms with Crippen LogP contribution >= 0.6 is 7.82 Å². The summed E-state index contributed by atoms with van der Waals surface area (Å²) in [5.41, 5.74) is 5.36. The Morgan fingerprint density at radius 3 is 1.42 bits per heavy atom. The monoisotopic (exact) mass is 758 g/mol. The number of carbonyl (C=O) groups excluding carboxylic acids is 1. The molecule has 0 saturated carbocycles. The molecule has 0 aromatic rings. The Kier molecular flexibility index (Phi) is 40.1. The van der Waals surface area contributed by atoms with E-state index in [1.165, 1.54) is 161 Å². The molecule has 0 aliphatic heterocycles. The summed E-state index contributed by atoms with van der Waals surface area (Å²) in [7, 11) is -4.29. The van der Waals surface area contributed by atoms with Gasteiger partial charge in [-0.15, -0.1) is 0 Å². The molecule has 0 bridgehead atoms. The standard InChI is InChI=1S/C43H84NO7P/c1-3-5-7-9-11-13-15-17-19-21-22-24-26-28-30-32-34-36-43(45)51-42(41-50-52(46,47)49-39-37-44)40-48-38-35-33-31-29-27-25-23-20-18-16-14-12-10-8-6-4-2/h17,19,35,38,42H,3-16,18,20-34,36-37,39-41,44H2,1-2H3,(H,46,47)/b19-17-,38-35-/t42-/m1/s1. The lowest BCUT2D eigenvalue weighted by atomic mass is 10.0. The summed E-state index contributed by atoms with van der Waals surface area (Å²) in [6, 6.07) is 0. The summed E-state index contributed by atoms with van der Waals surface area (Å²) in [5, 5.41) is 0. The molecule has 9 heteroatoms. The normalized spacial score (nSPS) is 13.6. The summed E-state index contributed by atoms with van der Waals surface area (Å²) in [6.45, 7) is 4.26. The Morgan fingerprint density at radius 2 is 0.981 bits per heavy atom. The fraction of sp³-hybridized carbons (Fsp3) is 0.884. The van der Waals surface area contributed by atoms with Crippen molar-refractivity contribution < 1.29 is 32.8 Å². The Bertz CT molecular complexity index is 853. The van der Waals surface area contributed by atoms with Crippen molar-refractivity contribution in [2.75, 3.05) is 26.4 Å². The first-order valence-electron chi connectivity index (χ1n) is 21.9. The van der Waals surface area contributed by atoms with Crippen molar-refractivity contribution in [3.63, 3.8) is 0 Å². The minimum absolute atomic E-state index is 0.0338. The van der Waals surface area contributed by atoms with Crippen LogP contribution in [-0.2, 0) is 27.9 Å². The second-order valence-electron chi connectivity index (χ2n) is 14.6. The van der Waals surface area contributed by atoms with E-state index in [0.717, 1.165) is 32.1 Å². The highest BCUT2D eigenvalue weighted by Crippen LogP contribution is 2.43. The fourth-order valence-electron chi connectivity index (χ4n) is 6.19. The lowest BCUT2D eigenvalue weighted by Gasteiger charge is -2.19. The minimum Gasteiger partial charge on any atom is -0.498 e. The molecule has 0 aromatic heterocycles. The predicted molar refractivity (Wildman–Crippen MR) is 219 cm³/mol. The lowest BCUT2D eigenvalue weighted by molar-refractivity contribution is -0.153. The highest BCUT2D eigenvalue weighted by atomic mass is 31.2. The van der Waals surface area contributed by atoms with Crippen LogP contribution in [0.2, 0.25) is 0 Å². The molecule has 0 amide bonds. The van der Waals surface area contributed by atoms with Gasteiger partial charge >= 0.3 is 13.8 Å². The lowest BCUT2D eigenvalue weighted by Crippen LogP contribution is -2.27. The molecule has 52 heavy (non-hydrogen) atoms. The molecule has 0 aliphatic rings. The summed E-state index contributed by atoms with van der Waals surface area (Å²) < 4.78 is 33.2. The van der Waals surface area contributed by atoms with E-state index in [0.29, 0.717) is 6.42 Å². The second-order valence-corrected chi connectivity index (χ2v) is 16.1. The van der Waals surface area contributed by atoms with E-state index < -0.39 is 13.9 Å². The van der Waals surface area contributed by atoms with Crippen LogP contribution in [0.1, 0.15) is 213 Å². The van der Waals surface area contributed by atoms with Crippen molar-refractivity contribution in [3.8, 4) is 0 Å². The third-order valence-corrected chi connectivity index (χ3v) is 10.4. The number of esters is 1. The van der Waals surface area contributed by atoms with E-state index in [-0.39, 0.29) is 32.3 Å². The highest BCUT2D eigenvalue weighted by Gasteiger charge is 2.25. The van der Waals surface area contributed by atoms with Gasteiger partial charge in [0, 0.05) is 13.0 Å². The zero-order chi connectivity index (χ0) is 38.1. The van der Waals surface area contributed by atoms with Crippen molar-refractivity contribution >= 4 is 13.8 Å². The molecule has 0 heterocycles. The molecule has 0 rings (SSSR count). The zero-order valence-corrected chi connectivity index (χ0v) is 35.0. The number of hydrogen-bond donors (Lipinski definition) is 2. The molecular weight excluding hydrogens is 673 g/mol. The fourth-order valence-corrected chi connectivity index (χ4v) is 6.96. The van der Waals surface area contributed by atoms with Crippen molar-refractivity contribution in [2.24, 2.45) is 5.73 Å². The number of unbranched alkanes of at least 4 members (excludes halogenated alkanes) is 27. The molecular formula is C43H84NO7P. The molecule has 0 fully saturated rings. The maximum absolute atomic E-state index is 12.6. The first-order chi connectivity index (χ1) is 25.4. The van der Waals surface area contributed by atoms with Crippen LogP contribution in [0.5, 0.6) is 0 Å². The number of phosphoric ester groups is 1. The van der Waals surface area contributed by atoms with Gasteiger partial charge in [-0.05, 0) is 51.0 Å². The Hall–Kier alpha value is -1.18. The van der Waals surface area contributed by atoms with Gasteiger partial charge in [0.05, 0.1) is 19.5 Å². The van der Waals surface area contributed by atoms with Gasteiger partial charge in [-0.2, -0.15) is 0 Å². The largest absolute Gasteiger partial charge is 0.498 e. The third kappa shape index (κ3) is 40.0. The number of carbonyl (C=O) groups is 1. The molecule has 1 unspecified atom stereocenters. The zero-order valence-electron chi connectivity index (χ0n) is 34.1. The number of hydrogen-bond acceptors (Lipinski definition) is 7. The van der Waals surface area contributed by atoms with Gasteiger partial charge in [-0.1, -0.05) is 174 Å². The van der Waals surface area contributed by atoms with Crippen LogP contribution in [0.4, 0.5) is 0 Å². The molecule has 0 aromatic carbocycles. The van der Waals surface area contributed by atoms with Crippen LogP contribution in [0.15, 0.2) is 24.5 Å². The van der Waals surface area contributed by atoms with Gasteiger partial charge in [0.2, 0.25) is 0 Å². The molecule has 2 atom stereocenters. The second kappa shape index (κ2) is 41.0. The van der Waals surface area contributed by atoms with Gasteiger partial charge in [-0.25, -0.2) is 4.57 Å². The van der Waals surface area contributed by atoms with Crippen molar-refractivity contribution in [2.45, 2.75) is 219 Å². The van der Waals surface area contributed by atoms with E-state index in [2.05, 4.69) is 26.0 Å². The average Bonchev–Trinajstić information content (AvgIpc) is 3.13. The SMILES string of the molecule is CCCCCCCC/C=C\CCCCCCCCCC(=O)O[C@H](CO/C=C\CCCCCCCCCCCCCCCC)COP(=O)(O)OCCN. The Morgan fingerprint density at radius 1 is 0.577 bits per heavy atom. The van der Waals surface area contributed by atoms with E-state index in [9.17, 15) is 14.3 Å². The van der Waals surface area contributed by atoms with Gasteiger partial charge in [0.15, 0.2) is 6.10 Å². The number of nitrogens with two attached hydrogens (primary N) is 1. The number of ether oxygens (including phenoxy) is 2.